The van der Waals surface area contributed by atoms with E-state index < -0.39 is 0 Å². The highest BCUT2D eigenvalue weighted by Gasteiger charge is 2.47. The van der Waals surface area contributed by atoms with E-state index in [4.69, 9.17) is 4.74 Å². The van der Waals surface area contributed by atoms with Gasteiger partial charge in [-0.2, -0.15) is 0 Å². The largest absolute Gasteiger partial charge is 0.495 e. The molecule has 1 aromatic heterocycles. The average Bonchev–Trinajstić information content (AvgIpc) is 2.83. The molecule has 0 radical (unpaired) electrons. The number of likely N-dealkylation sites (tertiary alicyclic amines) is 1. The van der Waals surface area contributed by atoms with Gasteiger partial charge in [-0.05, 0) is 62.6 Å². The Labute approximate surface area is 188 Å². The lowest BCUT2D eigenvalue weighted by Crippen LogP contribution is -2.60. The maximum absolute atomic E-state index is 13.8. The lowest BCUT2D eigenvalue weighted by atomic mass is 9.68. The quantitative estimate of drug-likeness (QED) is 0.736. The van der Waals surface area contributed by atoms with E-state index in [9.17, 15) is 9.59 Å². The number of rotatable bonds is 2. The van der Waals surface area contributed by atoms with Crippen LogP contribution < -0.4 is 10.2 Å². The molecule has 4 aliphatic rings. The number of hydrogen-bond donors (Lipinski definition) is 1. The Morgan fingerprint density at radius 3 is 2.97 bits per heavy atom. The van der Waals surface area contributed by atoms with E-state index in [1.807, 2.05) is 11.0 Å². The highest BCUT2D eigenvalue weighted by atomic mass is 16.5. The first-order chi connectivity index (χ1) is 15.7. The summed E-state index contributed by atoms with van der Waals surface area (Å²) in [6.45, 7) is 2.99. The number of para-hydroxylation sites is 1. The van der Waals surface area contributed by atoms with E-state index in [1.165, 1.54) is 37.8 Å². The van der Waals surface area contributed by atoms with Crippen molar-refractivity contribution in [3.05, 3.63) is 51.8 Å². The Morgan fingerprint density at radius 2 is 2.09 bits per heavy atom. The van der Waals surface area contributed by atoms with Crippen molar-refractivity contribution in [1.29, 1.82) is 0 Å². The fraction of sp³-hybridized carbons (Fsp3) is 0.538. The molecular formula is C26H31N3O3. The zero-order chi connectivity index (χ0) is 21.8. The van der Waals surface area contributed by atoms with Gasteiger partial charge in [0.25, 0.3) is 5.91 Å². The van der Waals surface area contributed by atoms with Gasteiger partial charge < -0.3 is 14.6 Å². The van der Waals surface area contributed by atoms with Gasteiger partial charge in [-0.15, -0.1) is 0 Å². The molecule has 4 heterocycles. The lowest BCUT2D eigenvalue weighted by Gasteiger charge is -2.54. The van der Waals surface area contributed by atoms with Crippen LogP contribution in [0.15, 0.2) is 40.8 Å². The number of H-pyrrole nitrogens is 1. The minimum Gasteiger partial charge on any atom is -0.495 e. The Hall–Kier alpha value is -2.60. The normalized spacial score (nSPS) is 29.8. The van der Waals surface area contributed by atoms with Gasteiger partial charge in [0.05, 0.1) is 24.1 Å². The monoisotopic (exact) mass is 433 g/mol. The molecule has 1 aromatic carbocycles. The molecule has 1 amide bonds. The Balaban J connectivity index is 1.36. The minimum atomic E-state index is -0.216. The first-order valence-electron chi connectivity index (χ1n) is 12.1. The first kappa shape index (κ1) is 20.0. The molecule has 4 atom stereocenters. The Bertz CT molecular complexity index is 1150. The predicted molar refractivity (Wildman–Crippen MR) is 124 cm³/mol. The van der Waals surface area contributed by atoms with Crippen molar-refractivity contribution >= 4 is 16.8 Å². The maximum atomic E-state index is 13.8. The Morgan fingerprint density at radius 1 is 1.19 bits per heavy atom. The Kier molecular flexibility index (Phi) is 4.86. The number of methoxy groups -OCH3 is 1. The summed E-state index contributed by atoms with van der Waals surface area (Å²) in [6.07, 6.45) is 11.3. The molecule has 1 N–H and O–H groups in total. The molecule has 2 aromatic rings. The number of aromatic amines is 1. The zero-order valence-electron chi connectivity index (χ0n) is 18.7. The number of nitrogens with zero attached hydrogens (tertiary/aromatic N) is 2. The van der Waals surface area contributed by atoms with Crippen LogP contribution in [0.3, 0.4) is 0 Å². The van der Waals surface area contributed by atoms with Crippen LogP contribution >= 0.6 is 0 Å². The van der Waals surface area contributed by atoms with Crippen LogP contribution in [0.4, 0.5) is 0 Å². The van der Waals surface area contributed by atoms with Crippen LogP contribution in [0, 0.1) is 11.8 Å². The van der Waals surface area contributed by atoms with Gasteiger partial charge in [0, 0.05) is 25.3 Å². The number of nitrogens with one attached hydrogen (secondary N) is 1. The number of piperidine rings is 3. The number of amides is 1. The van der Waals surface area contributed by atoms with Gasteiger partial charge in [-0.3, -0.25) is 14.5 Å². The molecular weight excluding hydrogens is 402 g/mol. The number of carbonyl (C=O) groups excluding carboxylic acids is 1. The minimum absolute atomic E-state index is 0.134. The van der Waals surface area contributed by atoms with Crippen LogP contribution in [-0.4, -0.2) is 59.5 Å². The molecule has 3 saturated heterocycles. The summed E-state index contributed by atoms with van der Waals surface area (Å²) < 4.78 is 5.38. The molecule has 3 aliphatic heterocycles. The highest BCUT2D eigenvalue weighted by Crippen LogP contribution is 2.45. The van der Waals surface area contributed by atoms with Crippen molar-refractivity contribution in [3.63, 3.8) is 0 Å². The summed E-state index contributed by atoms with van der Waals surface area (Å²) in [5, 5.41) is 0.500. The van der Waals surface area contributed by atoms with Crippen molar-refractivity contribution in [2.45, 2.75) is 50.6 Å². The van der Waals surface area contributed by atoms with Crippen molar-refractivity contribution in [3.8, 4) is 5.75 Å². The molecule has 0 unspecified atom stereocenters. The van der Waals surface area contributed by atoms with Crippen molar-refractivity contribution in [1.82, 2.24) is 14.8 Å². The second-order valence-electron chi connectivity index (χ2n) is 9.92. The van der Waals surface area contributed by atoms with E-state index in [0.717, 1.165) is 25.9 Å². The number of hydrogen-bond acceptors (Lipinski definition) is 4. The van der Waals surface area contributed by atoms with Gasteiger partial charge in [0.15, 0.2) is 0 Å². The maximum Gasteiger partial charge on any atom is 0.259 e. The topological polar surface area (TPSA) is 65.6 Å². The second-order valence-corrected chi connectivity index (χ2v) is 9.92. The van der Waals surface area contributed by atoms with Gasteiger partial charge >= 0.3 is 0 Å². The summed E-state index contributed by atoms with van der Waals surface area (Å²) in [6, 6.07) is 6.20. The molecule has 6 rings (SSSR count). The average molecular weight is 434 g/mol. The summed E-state index contributed by atoms with van der Waals surface area (Å²) in [5.74, 6) is 1.58. The van der Waals surface area contributed by atoms with Gasteiger partial charge in [0.1, 0.15) is 11.3 Å². The van der Waals surface area contributed by atoms with E-state index in [-0.39, 0.29) is 22.9 Å². The predicted octanol–water partition coefficient (Wildman–Crippen LogP) is 3.57. The number of ether oxygens (including phenoxy) is 1. The number of carbonyl (C=O) groups is 1. The SMILES string of the molecule is COc1cccc2c(=O)c(C(=O)N3CCCC4=C[C@@H]5C[C@H](CN6CCCC[C@H]56)[C@@H]43)c[nH]c12. The van der Waals surface area contributed by atoms with E-state index >= 15 is 0 Å². The molecule has 0 spiro atoms. The third kappa shape index (κ3) is 3.03. The van der Waals surface area contributed by atoms with Crippen LogP contribution in [0.25, 0.3) is 10.9 Å². The first-order valence-corrected chi connectivity index (χ1v) is 12.1. The molecule has 2 bridgehead atoms. The molecule has 1 aliphatic carbocycles. The van der Waals surface area contributed by atoms with E-state index in [0.29, 0.717) is 34.5 Å². The molecule has 3 fully saturated rings. The zero-order valence-corrected chi connectivity index (χ0v) is 18.7. The van der Waals surface area contributed by atoms with Gasteiger partial charge in [-0.1, -0.05) is 24.1 Å². The van der Waals surface area contributed by atoms with E-state index in [1.54, 1.807) is 25.4 Å². The lowest BCUT2D eigenvalue weighted by molar-refractivity contribution is 0.00143. The van der Waals surface area contributed by atoms with Gasteiger partial charge in [-0.25, -0.2) is 0 Å². The van der Waals surface area contributed by atoms with Crippen LogP contribution in [-0.2, 0) is 0 Å². The molecule has 6 nitrogen and oxygen atoms in total. The third-order valence-corrected chi connectivity index (χ3v) is 8.24. The number of aromatic nitrogens is 1. The molecule has 32 heavy (non-hydrogen) atoms. The fourth-order valence-corrected chi connectivity index (χ4v) is 6.91. The van der Waals surface area contributed by atoms with Crippen LogP contribution in [0.5, 0.6) is 5.75 Å². The summed E-state index contributed by atoms with van der Waals surface area (Å²) in [5.41, 5.74) is 2.10. The summed E-state index contributed by atoms with van der Waals surface area (Å²) in [7, 11) is 1.58. The van der Waals surface area contributed by atoms with Gasteiger partial charge in [0.2, 0.25) is 5.43 Å². The van der Waals surface area contributed by atoms with E-state index in [2.05, 4.69) is 16.0 Å². The number of benzene rings is 1. The highest BCUT2D eigenvalue weighted by molar-refractivity contribution is 5.98. The smallest absolute Gasteiger partial charge is 0.259 e. The summed E-state index contributed by atoms with van der Waals surface area (Å²) in [4.78, 5) is 34.9. The van der Waals surface area contributed by atoms with Crippen molar-refractivity contribution < 1.29 is 9.53 Å². The molecule has 168 valence electrons. The van der Waals surface area contributed by atoms with Crippen molar-refractivity contribution in [2.75, 3.05) is 26.7 Å². The standard InChI is InChI=1S/C26H31N3O3/c1-32-22-9-4-7-19-23(22)27-14-20(25(19)30)26(31)29-11-5-6-16-12-17-13-18(24(16)29)15-28-10-3-2-8-21(17)28/h4,7,9,12,14,17-18,21,24H,2-3,5-6,8,10-11,13,15H2,1H3,(H,27,30)/t17-,18-,21-,24-/m1/s1. The number of pyridine rings is 1. The third-order valence-electron chi connectivity index (χ3n) is 8.24. The summed E-state index contributed by atoms with van der Waals surface area (Å²) >= 11 is 0. The second kappa shape index (κ2) is 7.77. The fourth-order valence-electron chi connectivity index (χ4n) is 6.91. The van der Waals surface area contributed by atoms with Crippen LogP contribution in [0.2, 0.25) is 0 Å². The number of fused-ring (bicyclic) bond motifs is 7. The molecule has 0 saturated carbocycles. The van der Waals surface area contributed by atoms with Crippen LogP contribution in [0.1, 0.15) is 48.9 Å². The molecule has 6 heteroatoms. The van der Waals surface area contributed by atoms with Crippen molar-refractivity contribution in [2.24, 2.45) is 11.8 Å².